The molecule has 2 aromatic rings. The van der Waals surface area contributed by atoms with Crippen LogP contribution in [0, 0.1) is 0 Å². The highest BCUT2D eigenvalue weighted by molar-refractivity contribution is 9.10. The Morgan fingerprint density at radius 2 is 1.83 bits per heavy atom. The third-order valence-electron chi connectivity index (χ3n) is 2.61. The third-order valence-corrected chi connectivity index (χ3v) is 4.11. The number of methoxy groups -OCH3 is 2. The van der Waals surface area contributed by atoms with Crippen LogP contribution >= 0.6 is 27.3 Å². The number of hydrogen-bond donors (Lipinski definition) is 2. The summed E-state index contributed by atoms with van der Waals surface area (Å²) >= 11 is 3.47. The molecule has 2 N–H and O–H groups in total. The van der Waals surface area contributed by atoms with Gasteiger partial charge in [0.2, 0.25) is 10.1 Å². The molecule has 24 heavy (non-hydrogen) atoms. The van der Waals surface area contributed by atoms with Gasteiger partial charge in [-0.25, -0.2) is 4.79 Å². The summed E-state index contributed by atoms with van der Waals surface area (Å²) in [7, 11) is 2.86. The molecule has 0 aliphatic heterocycles. The zero-order valence-electron chi connectivity index (χ0n) is 12.2. The van der Waals surface area contributed by atoms with Crippen molar-refractivity contribution in [3.8, 4) is 11.5 Å². The number of halogens is 4. The van der Waals surface area contributed by atoms with Crippen LogP contribution < -0.4 is 20.1 Å². The van der Waals surface area contributed by atoms with Gasteiger partial charge in [0.1, 0.15) is 11.5 Å². The number of ether oxygens (including phenoxy) is 2. The van der Waals surface area contributed by atoms with Crippen LogP contribution in [-0.4, -0.2) is 30.4 Å². The van der Waals surface area contributed by atoms with Crippen molar-refractivity contribution in [2.45, 2.75) is 6.18 Å². The summed E-state index contributed by atoms with van der Waals surface area (Å²) in [6.07, 6.45) is -4.61. The van der Waals surface area contributed by atoms with E-state index in [0.29, 0.717) is 16.0 Å². The van der Waals surface area contributed by atoms with E-state index in [1.54, 1.807) is 0 Å². The van der Waals surface area contributed by atoms with Crippen molar-refractivity contribution in [1.82, 2.24) is 10.2 Å². The van der Waals surface area contributed by atoms with Crippen molar-refractivity contribution in [3.63, 3.8) is 0 Å². The number of carbonyl (C=O) groups excluding carboxylic acids is 1. The molecule has 0 fully saturated rings. The zero-order chi connectivity index (χ0) is 17.9. The summed E-state index contributed by atoms with van der Waals surface area (Å²) in [5, 5.41) is 9.42. The van der Waals surface area contributed by atoms with Gasteiger partial charge in [-0.05, 0) is 22.0 Å². The maximum Gasteiger partial charge on any atom is 0.445 e. The first-order chi connectivity index (χ1) is 11.2. The molecule has 0 spiro atoms. The monoisotopic (exact) mass is 426 g/mol. The van der Waals surface area contributed by atoms with Crippen molar-refractivity contribution in [2.75, 3.05) is 24.9 Å². The van der Waals surface area contributed by atoms with Gasteiger partial charge in [-0.2, -0.15) is 13.2 Å². The number of benzene rings is 1. The minimum Gasteiger partial charge on any atom is -0.495 e. The van der Waals surface area contributed by atoms with E-state index in [1.165, 1.54) is 26.4 Å². The van der Waals surface area contributed by atoms with E-state index >= 15 is 0 Å². The Bertz CT molecular complexity index is 754. The number of nitrogens with one attached hydrogen (secondary N) is 2. The molecule has 0 radical (unpaired) electrons. The SMILES string of the molecule is COc1cc(OC)c(NC(=O)Nc2nnc(C(F)(F)F)s2)cc1Br. The number of amides is 2. The molecule has 0 unspecified atom stereocenters. The molecule has 0 saturated carbocycles. The van der Waals surface area contributed by atoms with Gasteiger partial charge in [-0.3, -0.25) is 5.32 Å². The van der Waals surface area contributed by atoms with E-state index in [-0.39, 0.29) is 22.2 Å². The van der Waals surface area contributed by atoms with Crippen LogP contribution in [0.5, 0.6) is 11.5 Å². The molecule has 7 nitrogen and oxygen atoms in total. The molecular weight excluding hydrogens is 417 g/mol. The molecule has 0 aliphatic rings. The van der Waals surface area contributed by atoms with Gasteiger partial charge in [0.25, 0.3) is 0 Å². The summed E-state index contributed by atoms with van der Waals surface area (Å²) in [6.45, 7) is 0. The van der Waals surface area contributed by atoms with Gasteiger partial charge in [-0.1, -0.05) is 11.3 Å². The number of nitrogens with zero attached hydrogens (tertiary/aromatic N) is 2. The first-order valence-corrected chi connectivity index (χ1v) is 7.75. The molecule has 12 heteroatoms. The van der Waals surface area contributed by atoms with E-state index in [4.69, 9.17) is 9.47 Å². The second kappa shape index (κ2) is 7.21. The van der Waals surface area contributed by atoms with Crippen molar-refractivity contribution in [2.24, 2.45) is 0 Å². The molecule has 130 valence electrons. The van der Waals surface area contributed by atoms with Crippen LogP contribution in [0.2, 0.25) is 0 Å². The molecule has 1 heterocycles. The Kier molecular flexibility index (Phi) is 5.49. The lowest BCUT2D eigenvalue weighted by Gasteiger charge is -2.13. The quantitative estimate of drug-likeness (QED) is 0.771. The second-order valence-corrected chi connectivity index (χ2v) is 6.01. The summed E-state index contributed by atoms with van der Waals surface area (Å²) in [5.74, 6) is 0.787. The lowest BCUT2D eigenvalue weighted by Crippen LogP contribution is -2.19. The lowest BCUT2D eigenvalue weighted by atomic mass is 10.2. The molecule has 2 amide bonds. The van der Waals surface area contributed by atoms with Gasteiger partial charge < -0.3 is 14.8 Å². The summed E-state index contributed by atoms with van der Waals surface area (Å²) in [4.78, 5) is 11.9. The van der Waals surface area contributed by atoms with Crippen LogP contribution in [-0.2, 0) is 6.18 Å². The van der Waals surface area contributed by atoms with E-state index in [9.17, 15) is 18.0 Å². The highest BCUT2D eigenvalue weighted by Crippen LogP contribution is 2.36. The Morgan fingerprint density at radius 3 is 2.38 bits per heavy atom. The number of urea groups is 1. The largest absolute Gasteiger partial charge is 0.495 e. The van der Waals surface area contributed by atoms with Gasteiger partial charge >= 0.3 is 12.2 Å². The number of rotatable bonds is 4. The summed E-state index contributed by atoms with van der Waals surface area (Å²) < 4.78 is 48.1. The van der Waals surface area contributed by atoms with Gasteiger partial charge in [0.05, 0.1) is 24.4 Å². The first kappa shape index (κ1) is 18.3. The maximum atomic E-state index is 12.4. The van der Waals surface area contributed by atoms with Crippen molar-refractivity contribution in [1.29, 1.82) is 0 Å². The Hall–Kier alpha value is -2.08. The standard InChI is InChI=1S/C12H10BrF3N4O3S/c1-22-7-4-8(23-2)6(3-5(7)13)17-10(21)18-11-20-19-9(24-11)12(14,15)16/h3-4H,1-2H3,(H2,17,18,20,21). The van der Waals surface area contributed by atoms with Gasteiger partial charge in [0.15, 0.2) is 0 Å². The van der Waals surface area contributed by atoms with Gasteiger partial charge in [0, 0.05) is 6.07 Å². The predicted octanol–water partition coefficient (Wildman–Crippen LogP) is 3.98. The number of aromatic nitrogens is 2. The number of anilines is 2. The minimum atomic E-state index is -4.61. The highest BCUT2D eigenvalue weighted by atomic mass is 79.9. The van der Waals surface area contributed by atoms with E-state index in [2.05, 4.69) is 36.8 Å². The van der Waals surface area contributed by atoms with Crippen LogP contribution in [0.1, 0.15) is 5.01 Å². The van der Waals surface area contributed by atoms with Crippen molar-refractivity contribution in [3.05, 3.63) is 21.6 Å². The Morgan fingerprint density at radius 1 is 1.17 bits per heavy atom. The van der Waals surface area contributed by atoms with Crippen LogP contribution in [0.4, 0.5) is 28.8 Å². The van der Waals surface area contributed by atoms with E-state index < -0.39 is 17.2 Å². The molecule has 1 aromatic carbocycles. The van der Waals surface area contributed by atoms with Crippen LogP contribution in [0.3, 0.4) is 0 Å². The highest BCUT2D eigenvalue weighted by Gasteiger charge is 2.35. The van der Waals surface area contributed by atoms with Crippen LogP contribution in [0.15, 0.2) is 16.6 Å². The molecule has 0 bridgehead atoms. The van der Waals surface area contributed by atoms with E-state index in [0.717, 1.165) is 0 Å². The maximum absolute atomic E-state index is 12.4. The topological polar surface area (TPSA) is 85.4 Å². The predicted molar refractivity (Wildman–Crippen MR) is 84.8 cm³/mol. The fraction of sp³-hybridized carbons (Fsp3) is 0.250. The normalized spacial score (nSPS) is 11.1. The molecular formula is C12H10BrF3N4O3S. The van der Waals surface area contributed by atoms with Crippen molar-refractivity contribution >= 4 is 44.1 Å². The minimum absolute atomic E-state index is 0.218. The number of carbonyl (C=O) groups is 1. The number of alkyl halides is 3. The molecule has 0 aliphatic carbocycles. The van der Waals surface area contributed by atoms with E-state index in [1.807, 2.05) is 0 Å². The molecule has 2 rings (SSSR count). The fourth-order valence-electron chi connectivity index (χ4n) is 1.60. The lowest BCUT2D eigenvalue weighted by molar-refractivity contribution is -0.138. The number of hydrogen-bond acceptors (Lipinski definition) is 6. The third kappa shape index (κ3) is 4.26. The first-order valence-electron chi connectivity index (χ1n) is 6.14. The molecule has 1 aromatic heterocycles. The second-order valence-electron chi connectivity index (χ2n) is 4.18. The molecule has 0 atom stereocenters. The smallest absolute Gasteiger partial charge is 0.445 e. The van der Waals surface area contributed by atoms with Gasteiger partial charge in [-0.15, -0.1) is 10.2 Å². The fourth-order valence-corrected chi connectivity index (χ4v) is 2.71. The Balaban J connectivity index is 2.12. The zero-order valence-corrected chi connectivity index (χ0v) is 14.6. The average molecular weight is 427 g/mol. The summed E-state index contributed by atoms with van der Waals surface area (Å²) in [5.41, 5.74) is 0.281. The summed E-state index contributed by atoms with van der Waals surface area (Å²) in [6, 6.07) is 2.26. The van der Waals surface area contributed by atoms with Crippen molar-refractivity contribution < 1.29 is 27.4 Å². The Labute approximate surface area is 146 Å². The molecule has 0 saturated heterocycles. The van der Waals surface area contributed by atoms with Crippen LogP contribution in [0.25, 0.3) is 0 Å². The average Bonchev–Trinajstić information content (AvgIpc) is 2.96.